The van der Waals surface area contributed by atoms with Gasteiger partial charge in [0.1, 0.15) is 0 Å². The average Bonchev–Trinajstić information content (AvgIpc) is 2.63. The zero-order valence-electron chi connectivity index (χ0n) is 11.4. The number of aromatic nitrogens is 2. The smallest absolute Gasteiger partial charge is 0.177 e. The van der Waals surface area contributed by atoms with Crippen molar-refractivity contribution in [2.45, 2.75) is 39.7 Å². The molecule has 0 spiro atoms. The number of benzene rings is 1. The van der Waals surface area contributed by atoms with Crippen molar-refractivity contribution in [2.24, 2.45) is 0 Å². The second-order valence-electron chi connectivity index (χ2n) is 5.74. The van der Waals surface area contributed by atoms with E-state index >= 15 is 0 Å². The molecule has 0 saturated heterocycles. The van der Waals surface area contributed by atoms with Crippen molar-refractivity contribution in [1.29, 1.82) is 0 Å². The molecule has 2 rings (SSSR count). The molecule has 0 aliphatic heterocycles. The quantitative estimate of drug-likeness (QED) is 0.803. The number of H-pyrrole nitrogens is 1. The molecule has 0 amide bonds. The van der Waals surface area contributed by atoms with Gasteiger partial charge in [0.05, 0.1) is 6.54 Å². The van der Waals surface area contributed by atoms with E-state index in [4.69, 9.17) is 12.2 Å². The van der Waals surface area contributed by atoms with E-state index in [-0.39, 0.29) is 5.41 Å². The normalized spacial score (nSPS) is 11.8. The fraction of sp³-hybridized carbons (Fsp3) is 0.400. The first-order valence-electron chi connectivity index (χ1n) is 6.23. The summed E-state index contributed by atoms with van der Waals surface area (Å²) in [6.07, 6.45) is 2.03. The first-order chi connectivity index (χ1) is 8.39. The van der Waals surface area contributed by atoms with Gasteiger partial charge in [0.25, 0.3) is 0 Å². The Kier molecular flexibility index (Phi) is 3.44. The van der Waals surface area contributed by atoms with Gasteiger partial charge in [-0.3, -0.25) is 0 Å². The highest BCUT2D eigenvalue weighted by molar-refractivity contribution is 7.71. The van der Waals surface area contributed by atoms with E-state index < -0.39 is 0 Å². The lowest BCUT2D eigenvalue weighted by Gasteiger charge is -2.21. The molecular formula is C15H20N2S. The molecule has 0 radical (unpaired) electrons. The van der Waals surface area contributed by atoms with Crippen molar-refractivity contribution in [2.75, 3.05) is 0 Å². The molecule has 0 saturated carbocycles. The number of hydrogen-bond acceptors (Lipinski definition) is 1. The molecule has 0 fully saturated rings. The molecule has 2 aromatic rings. The molecule has 1 aromatic heterocycles. The van der Waals surface area contributed by atoms with E-state index in [1.807, 2.05) is 6.20 Å². The zero-order chi connectivity index (χ0) is 13.3. The summed E-state index contributed by atoms with van der Waals surface area (Å²) >= 11 is 5.39. The predicted octanol–water partition coefficient (Wildman–Crippen LogP) is 4.20. The van der Waals surface area contributed by atoms with E-state index in [1.165, 1.54) is 16.8 Å². The zero-order valence-corrected chi connectivity index (χ0v) is 12.3. The molecule has 0 aliphatic carbocycles. The Balaban J connectivity index is 2.44. The van der Waals surface area contributed by atoms with Gasteiger partial charge >= 0.3 is 0 Å². The number of aromatic amines is 1. The van der Waals surface area contributed by atoms with Gasteiger partial charge in [0, 0.05) is 17.3 Å². The van der Waals surface area contributed by atoms with Crippen molar-refractivity contribution in [3.8, 4) is 0 Å². The fourth-order valence-electron chi connectivity index (χ4n) is 2.13. The minimum atomic E-state index is 0.0935. The number of aryl methyl sites for hydroxylation is 1. The highest BCUT2D eigenvalue weighted by Gasteiger charge is 2.19. The van der Waals surface area contributed by atoms with Gasteiger partial charge in [0.15, 0.2) is 4.77 Å². The summed E-state index contributed by atoms with van der Waals surface area (Å²) in [6, 6.07) is 8.45. The van der Waals surface area contributed by atoms with E-state index in [9.17, 15) is 0 Å². The lowest BCUT2D eigenvalue weighted by atomic mass is 9.92. The fourth-order valence-corrected chi connectivity index (χ4v) is 2.35. The summed E-state index contributed by atoms with van der Waals surface area (Å²) in [7, 11) is 0. The van der Waals surface area contributed by atoms with Crippen LogP contribution in [0.15, 0.2) is 30.5 Å². The molecule has 1 N–H and O–H groups in total. The van der Waals surface area contributed by atoms with Gasteiger partial charge in [-0.15, -0.1) is 0 Å². The topological polar surface area (TPSA) is 20.7 Å². The summed E-state index contributed by atoms with van der Waals surface area (Å²) < 4.78 is 2.99. The molecule has 0 unspecified atom stereocenters. The van der Waals surface area contributed by atoms with Gasteiger partial charge in [0.2, 0.25) is 0 Å². The summed E-state index contributed by atoms with van der Waals surface area (Å²) in [5.74, 6) is 0. The Morgan fingerprint density at radius 1 is 1.22 bits per heavy atom. The lowest BCUT2D eigenvalue weighted by Crippen LogP contribution is -2.18. The second-order valence-corrected chi connectivity index (χ2v) is 6.13. The van der Waals surface area contributed by atoms with Gasteiger partial charge in [-0.1, -0.05) is 45.0 Å². The van der Waals surface area contributed by atoms with Crippen LogP contribution in [0.3, 0.4) is 0 Å². The summed E-state index contributed by atoms with van der Waals surface area (Å²) in [6.45, 7) is 9.60. The predicted molar refractivity (Wildman–Crippen MR) is 78.6 cm³/mol. The van der Waals surface area contributed by atoms with Crippen LogP contribution in [-0.4, -0.2) is 9.55 Å². The van der Waals surface area contributed by atoms with Crippen LogP contribution in [0.5, 0.6) is 0 Å². The molecule has 1 aromatic carbocycles. The third-order valence-electron chi connectivity index (χ3n) is 3.23. The lowest BCUT2D eigenvalue weighted by molar-refractivity contribution is 0.529. The summed E-state index contributed by atoms with van der Waals surface area (Å²) in [5, 5.41) is 0. The van der Waals surface area contributed by atoms with E-state index in [0.717, 1.165) is 11.3 Å². The maximum atomic E-state index is 5.39. The Labute approximate surface area is 114 Å². The van der Waals surface area contributed by atoms with Crippen LogP contribution in [0.4, 0.5) is 0 Å². The number of rotatable bonds is 2. The molecular weight excluding hydrogens is 240 g/mol. The Hall–Kier alpha value is -1.35. The number of nitrogens with one attached hydrogen (secondary N) is 1. The van der Waals surface area contributed by atoms with Gasteiger partial charge in [-0.05, 0) is 30.3 Å². The Morgan fingerprint density at radius 2 is 1.89 bits per heavy atom. The van der Waals surface area contributed by atoms with Crippen molar-refractivity contribution in [3.63, 3.8) is 0 Å². The molecule has 2 nitrogen and oxygen atoms in total. The minimum Gasteiger partial charge on any atom is -0.337 e. The van der Waals surface area contributed by atoms with Crippen LogP contribution in [0, 0.1) is 11.7 Å². The monoisotopic (exact) mass is 260 g/mol. The SMILES string of the molecule is Cc1ccccc1Cn1c(C(C)(C)C)c[nH]c1=S. The maximum absolute atomic E-state index is 5.39. The Morgan fingerprint density at radius 3 is 2.50 bits per heavy atom. The van der Waals surface area contributed by atoms with Gasteiger partial charge in [-0.2, -0.15) is 0 Å². The van der Waals surface area contributed by atoms with Crippen molar-refractivity contribution >= 4 is 12.2 Å². The van der Waals surface area contributed by atoms with E-state index in [1.54, 1.807) is 0 Å². The third-order valence-corrected chi connectivity index (χ3v) is 3.56. The molecule has 3 heteroatoms. The standard InChI is InChI=1S/C15H20N2S/c1-11-7-5-6-8-12(11)10-17-13(15(2,3)4)9-16-14(17)18/h5-9H,10H2,1-4H3,(H,16,18). The summed E-state index contributed by atoms with van der Waals surface area (Å²) in [5.41, 5.74) is 3.96. The average molecular weight is 260 g/mol. The van der Waals surface area contributed by atoms with Crippen LogP contribution < -0.4 is 0 Å². The van der Waals surface area contributed by atoms with Crippen LogP contribution in [0.1, 0.15) is 37.6 Å². The second kappa shape index (κ2) is 4.73. The van der Waals surface area contributed by atoms with Crippen LogP contribution >= 0.6 is 12.2 Å². The third kappa shape index (κ3) is 2.56. The van der Waals surface area contributed by atoms with Gasteiger partial charge in [-0.25, -0.2) is 0 Å². The maximum Gasteiger partial charge on any atom is 0.177 e. The molecule has 1 heterocycles. The van der Waals surface area contributed by atoms with Crippen molar-refractivity contribution < 1.29 is 0 Å². The number of hydrogen-bond donors (Lipinski definition) is 1. The van der Waals surface area contributed by atoms with Crippen LogP contribution in [0.25, 0.3) is 0 Å². The van der Waals surface area contributed by atoms with Crippen LogP contribution in [0.2, 0.25) is 0 Å². The van der Waals surface area contributed by atoms with Crippen molar-refractivity contribution in [1.82, 2.24) is 9.55 Å². The summed E-state index contributed by atoms with van der Waals surface area (Å²) in [4.78, 5) is 3.16. The first-order valence-corrected chi connectivity index (χ1v) is 6.63. The van der Waals surface area contributed by atoms with Crippen LogP contribution in [-0.2, 0) is 12.0 Å². The molecule has 0 aliphatic rings. The number of nitrogens with zero attached hydrogens (tertiary/aromatic N) is 1. The molecule has 0 bridgehead atoms. The largest absolute Gasteiger partial charge is 0.337 e. The van der Waals surface area contributed by atoms with E-state index in [0.29, 0.717) is 0 Å². The molecule has 96 valence electrons. The van der Waals surface area contributed by atoms with E-state index in [2.05, 4.69) is 61.5 Å². The number of imidazole rings is 1. The first kappa shape index (κ1) is 13.1. The Bertz CT molecular complexity index is 599. The van der Waals surface area contributed by atoms with Gasteiger partial charge < -0.3 is 9.55 Å². The highest BCUT2D eigenvalue weighted by atomic mass is 32.1. The molecule has 0 atom stereocenters. The minimum absolute atomic E-state index is 0.0935. The van der Waals surface area contributed by atoms with Crippen molar-refractivity contribution in [3.05, 3.63) is 52.1 Å². The highest BCUT2D eigenvalue weighted by Crippen LogP contribution is 2.23. The molecule has 18 heavy (non-hydrogen) atoms.